The summed E-state index contributed by atoms with van der Waals surface area (Å²) in [7, 11) is 0. The number of hydrogen-bond acceptors (Lipinski definition) is 3. The van der Waals surface area contributed by atoms with Gasteiger partial charge in [-0.2, -0.15) is 0 Å². The lowest BCUT2D eigenvalue weighted by Gasteiger charge is -2.25. The molecule has 0 aromatic carbocycles. The first kappa shape index (κ1) is 6.99. The highest BCUT2D eigenvalue weighted by Gasteiger charge is 2.16. The predicted octanol–water partition coefficient (Wildman–Crippen LogP) is -0.644. The van der Waals surface area contributed by atoms with Gasteiger partial charge in [0, 0.05) is 6.54 Å². The summed E-state index contributed by atoms with van der Waals surface area (Å²) in [5.74, 6) is 0. The fourth-order valence-corrected chi connectivity index (χ4v) is 0.896. The van der Waals surface area contributed by atoms with Gasteiger partial charge in [0.2, 0.25) is 0 Å². The van der Waals surface area contributed by atoms with Crippen molar-refractivity contribution < 1.29 is 9.84 Å². The molecule has 0 aromatic heterocycles. The molecule has 3 nitrogen and oxygen atoms in total. The average Bonchev–Trinajstić information content (AvgIpc) is 1.90. The lowest BCUT2D eigenvalue weighted by atomic mass is 10.2. The highest BCUT2D eigenvalue weighted by atomic mass is 16.5. The lowest BCUT2D eigenvalue weighted by molar-refractivity contribution is 0.0253. The van der Waals surface area contributed by atoms with E-state index in [1.165, 1.54) is 0 Å². The summed E-state index contributed by atoms with van der Waals surface area (Å²) in [6.07, 6.45) is -0.301. The van der Waals surface area contributed by atoms with Gasteiger partial charge in [-0.25, -0.2) is 0 Å². The van der Waals surface area contributed by atoms with Crippen molar-refractivity contribution in [2.75, 3.05) is 19.8 Å². The molecule has 1 aliphatic heterocycles. The molecule has 0 aromatic rings. The van der Waals surface area contributed by atoms with Crippen molar-refractivity contribution in [2.45, 2.75) is 19.1 Å². The van der Waals surface area contributed by atoms with E-state index >= 15 is 0 Å². The second kappa shape index (κ2) is 3.15. The van der Waals surface area contributed by atoms with E-state index in [0.29, 0.717) is 6.61 Å². The van der Waals surface area contributed by atoms with Crippen molar-refractivity contribution >= 4 is 0 Å². The number of ether oxygens (including phenoxy) is 1. The van der Waals surface area contributed by atoms with Crippen molar-refractivity contribution in [2.24, 2.45) is 0 Å². The van der Waals surface area contributed by atoms with Crippen LogP contribution in [0.4, 0.5) is 0 Å². The second-order valence-electron chi connectivity index (χ2n) is 2.38. The van der Waals surface area contributed by atoms with E-state index in [2.05, 4.69) is 5.32 Å². The molecule has 0 saturated carbocycles. The third-order valence-corrected chi connectivity index (χ3v) is 1.53. The Bertz CT molecular complexity index is 79.1. The highest BCUT2D eigenvalue weighted by Crippen LogP contribution is 1.97. The molecule has 1 heterocycles. The molecule has 1 unspecified atom stereocenters. The number of aliphatic hydroxyl groups excluding tert-OH is 1. The van der Waals surface area contributed by atoms with Crippen LogP contribution in [0.3, 0.4) is 0 Å². The van der Waals surface area contributed by atoms with E-state index in [9.17, 15) is 0 Å². The molecule has 0 aliphatic carbocycles. The number of rotatable bonds is 1. The highest BCUT2D eigenvalue weighted by molar-refractivity contribution is 4.74. The van der Waals surface area contributed by atoms with Gasteiger partial charge in [0.15, 0.2) is 0 Å². The fourth-order valence-electron chi connectivity index (χ4n) is 0.896. The Labute approximate surface area is 55.0 Å². The minimum atomic E-state index is -0.301. The van der Waals surface area contributed by atoms with Gasteiger partial charge in [-0.15, -0.1) is 0 Å². The summed E-state index contributed by atoms with van der Waals surface area (Å²) in [4.78, 5) is 0. The first-order chi connectivity index (χ1) is 4.30. The largest absolute Gasteiger partial charge is 0.392 e. The zero-order valence-electron chi connectivity index (χ0n) is 5.63. The van der Waals surface area contributed by atoms with Crippen LogP contribution in [0.1, 0.15) is 6.92 Å². The Hall–Kier alpha value is -0.120. The molecule has 1 aliphatic rings. The number of nitrogens with one attached hydrogen (secondary N) is 1. The molecule has 0 radical (unpaired) electrons. The van der Waals surface area contributed by atoms with E-state index in [1.807, 2.05) is 0 Å². The van der Waals surface area contributed by atoms with Crippen molar-refractivity contribution in [1.29, 1.82) is 0 Å². The van der Waals surface area contributed by atoms with E-state index < -0.39 is 0 Å². The summed E-state index contributed by atoms with van der Waals surface area (Å²) in [6, 6.07) is 0.138. The molecule has 2 N–H and O–H groups in total. The van der Waals surface area contributed by atoms with Gasteiger partial charge in [-0.1, -0.05) is 0 Å². The van der Waals surface area contributed by atoms with Gasteiger partial charge in [0.1, 0.15) is 0 Å². The first-order valence-electron chi connectivity index (χ1n) is 3.30. The Balaban J connectivity index is 2.23. The van der Waals surface area contributed by atoms with Crippen LogP contribution < -0.4 is 5.32 Å². The molecule has 0 amide bonds. The fraction of sp³-hybridized carbons (Fsp3) is 1.00. The standard InChI is InChI=1S/C6H13NO2/c1-5(8)6-4-9-3-2-7-6/h5-8H,2-4H2,1H3/t5?,6-/m0/s1. The molecule has 1 saturated heterocycles. The molecule has 54 valence electrons. The number of hydrogen-bond donors (Lipinski definition) is 2. The molecule has 1 rings (SSSR count). The third kappa shape index (κ3) is 1.93. The second-order valence-corrected chi connectivity index (χ2v) is 2.38. The van der Waals surface area contributed by atoms with Crippen LogP contribution in [0.15, 0.2) is 0 Å². The van der Waals surface area contributed by atoms with Crippen molar-refractivity contribution in [3.8, 4) is 0 Å². The Morgan fingerprint density at radius 2 is 2.56 bits per heavy atom. The normalized spacial score (nSPS) is 32.0. The van der Waals surface area contributed by atoms with E-state index in [1.54, 1.807) is 6.92 Å². The summed E-state index contributed by atoms with van der Waals surface area (Å²) in [5.41, 5.74) is 0. The zero-order valence-corrected chi connectivity index (χ0v) is 5.63. The monoisotopic (exact) mass is 131 g/mol. The third-order valence-electron chi connectivity index (χ3n) is 1.53. The van der Waals surface area contributed by atoms with Crippen LogP contribution in [0.5, 0.6) is 0 Å². The van der Waals surface area contributed by atoms with Crippen molar-refractivity contribution in [1.82, 2.24) is 5.32 Å². The smallest absolute Gasteiger partial charge is 0.0687 e. The molecule has 0 bridgehead atoms. The Morgan fingerprint density at radius 1 is 1.78 bits per heavy atom. The lowest BCUT2D eigenvalue weighted by Crippen LogP contribution is -2.47. The van der Waals surface area contributed by atoms with Crippen LogP contribution in [-0.2, 0) is 4.74 Å². The van der Waals surface area contributed by atoms with Gasteiger partial charge < -0.3 is 15.2 Å². The first-order valence-corrected chi connectivity index (χ1v) is 3.30. The molecule has 1 fully saturated rings. The zero-order chi connectivity index (χ0) is 6.69. The molecule has 0 spiro atoms. The topological polar surface area (TPSA) is 41.5 Å². The predicted molar refractivity (Wildman–Crippen MR) is 34.3 cm³/mol. The molecule has 2 atom stereocenters. The van der Waals surface area contributed by atoms with Crippen LogP contribution in [0, 0.1) is 0 Å². The maximum atomic E-state index is 9.03. The summed E-state index contributed by atoms with van der Waals surface area (Å²) in [6.45, 7) is 4.03. The van der Waals surface area contributed by atoms with Gasteiger partial charge in [-0.05, 0) is 6.92 Å². The molecular formula is C6H13NO2. The van der Waals surface area contributed by atoms with Crippen molar-refractivity contribution in [3.63, 3.8) is 0 Å². The average molecular weight is 131 g/mol. The van der Waals surface area contributed by atoms with Gasteiger partial charge in [0.25, 0.3) is 0 Å². The van der Waals surface area contributed by atoms with E-state index in [4.69, 9.17) is 9.84 Å². The Kier molecular flexibility index (Phi) is 2.45. The van der Waals surface area contributed by atoms with Crippen molar-refractivity contribution in [3.05, 3.63) is 0 Å². The number of morpholine rings is 1. The van der Waals surface area contributed by atoms with Crippen LogP contribution >= 0.6 is 0 Å². The summed E-state index contributed by atoms with van der Waals surface area (Å²) >= 11 is 0. The van der Waals surface area contributed by atoms with Gasteiger partial charge >= 0.3 is 0 Å². The number of aliphatic hydroxyl groups is 1. The van der Waals surface area contributed by atoms with Crippen LogP contribution in [-0.4, -0.2) is 37.0 Å². The van der Waals surface area contributed by atoms with Gasteiger partial charge in [0.05, 0.1) is 25.4 Å². The summed E-state index contributed by atoms with van der Waals surface area (Å²) < 4.78 is 5.12. The SMILES string of the molecule is CC(O)[C@@H]1COCCN1. The van der Waals surface area contributed by atoms with Gasteiger partial charge in [-0.3, -0.25) is 0 Å². The minimum absolute atomic E-state index is 0.138. The van der Waals surface area contributed by atoms with Crippen LogP contribution in [0.25, 0.3) is 0 Å². The maximum Gasteiger partial charge on any atom is 0.0687 e. The maximum absolute atomic E-state index is 9.03. The summed E-state index contributed by atoms with van der Waals surface area (Å²) in [5, 5.41) is 12.2. The quantitative estimate of drug-likeness (QED) is 0.497. The molecule has 3 heteroatoms. The Morgan fingerprint density at radius 3 is 2.89 bits per heavy atom. The minimum Gasteiger partial charge on any atom is -0.392 e. The van der Waals surface area contributed by atoms with Crippen LogP contribution in [0.2, 0.25) is 0 Å². The van der Waals surface area contributed by atoms with E-state index in [0.717, 1.165) is 13.2 Å². The molecular weight excluding hydrogens is 118 g/mol. The molecule has 9 heavy (non-hydrogen) atoms. The van der Waals surface area contributed by atoms with E-state index in [-0.39, 0.29) is 12.1 Å².